The normalized spacial score (nSPS) is 24.8. The highest BCUT2D eigenvalue weighted by Crippen LogP contribution is 2.31. The van der Waals surface area contributed by atoms with E-state index in [4.69, 9.17) is 9.47 Å². The van der Waals surface area contributed by atoms with Gasteiger partial charge in [-0.25, -0.2) is 4.98 Å². The van der Waals surface area contributed by atoms with Crippen molar-refractivity contribution in [2.24, 2.45) is 5.92 Å². The lowest BCUT2D eigenvalue weighted by molar-refractivity contribution is 0.0620. The Labute approximate surface area is 150 Å². The predicted octanol–water partition coefficient (Wildman–Crippen LogP) is 2.77. The maximum Gasteiger partial charge on any atom is 0.280 e. The molecule has 2 bridgehead atoms. The molecule has 7 heteroatoms. The third kappa shape index (κ3) is 3.62. The molecule has 3 aliphatic rings. The largest absolute Gasteiger partial charge is 0.497 e. The zero-order chi connectivity index (χ0) is 17.2. The maximum atomic E-state index is 12.5. The molecule has 1 unspecified atom stereocenters. The van der Waals surface area contributed by atoms with Gasteiger partial charge in [-0.15, -0.1) is 0 Å². The van der Waals surface area contributed by atoms with Crippen LogP contribution in [0.15, 0.2) is 30.5 Å². The number of amides is 1. The van der Waals surface area contributed by atoms with Gasteiger partial charge in [0.1, 0.15) is 11.5 Å². The number of aromatic nitrogens is 1. The fourth-order valence-corrected chi connectivity index (χ4v) is 4.24. The van der Waals surface area contributed by atoms with Gasteiger partial charge in [-0.3, -0.25) is 4.79 Å². The highest BCUT2D eigenvalue weighted by atomic mass is 32.1. The van der Waals surface area contributed by atoms with E-state index in [0.29, 0.717) is 21.7 Å². The number of piperidine rings is 3. The summed E-state index contributed by atoms with van der Waals surface area (Å²) in [5, 5.41) is 4.18. The second-order valence-electron chi connectivity index (χ2n) is 6.48. The Morgan fingerprint density at radius 2 is 2.12 bits per heavy atom. The van der Waals surface area contributed by atoms with Crippen LogP contribution in [0.5, 0.6) is 16.6 Å². The molecule has 1 amide bonds. The standard InChI is InChI=1S/C18H21N3O3S/c1-23-13-3-2-4-14(9-13)24-16-10-19-18(25-16)17(22)20-15-11-21-7-5-12(15)6-8-21/h2-4,9-10,12,15H,5-8,11H2,1H3,(H,20,22). The van der Waals surface area contributed by atoms with Gasteiger partial charge in [0.2, 0.25) is 5.06 Å². The fraction of sp³-hybridized carbons (Fsp3) is 0.444. The Bertz CT molecular complexity index is 756. The smallest absolute Gasteiger partial charge is 0.280 e. The number of nitrogens with one attached hydrogen (secondary N) is 1. The number of benzene rings is 1. The van der Waals surface area contributed by atoms with Crippen LogP contribution >= 0.6 is 11.3 Å². The van der Waals surface area contributed by atoms with Gasteiger partial charge in [-0.1, -0.05) is 17.4 Å². The van der Waals surface area contributed by atoms with Gasteiger partial charge < -0.3 is 19.7 Å². The van der Waals surface area contributed by atoms with Gasteiger partial charge in [0.05, 0.1) is 13.3 Å². The average molecular weight is 359 g/mol. The summed E-state index contributed by atoms with van der Waals surface area (Å²) >= 11 is 1.26. The molecule has 4 heterocycles. The first-order valence-electron chi connectivity index (χ1n) is 8.52. The van der Waals surface area contributed by atoms with Crippen molar-refractivity contribution in [3.8, 4) is 16.6 Å². The minimum absolute atomic E-state index is 0.107. The molecule has 3 aliphatic heterocycles. The number of ether oxygens (including phenoxy) is 2. The molecule has 0 spiro atoms. The van der Waals surface area contributed by atoms with E-state index >= 15 is 0 Å². The van der Waals surface area contributed by atoms with Crippen LogP contribution in [0.2, 0.25) is 0 Å². The summed E-state index contributed by atoms with van der Waals surface area (Å²) in [7, 11) is 1.61. The predicted molar refractivity (Wildman–Crippen MR) is 95.6 cm³/mol. The molecular weight excluding hydrogens is 338 g/mol. The van der Waals surface area contributed by atoms with Gasteiger partial charge in [-0.2, -0.15) is 0 Å². The molecule has 6 nitrogen and oxygen atoms in total. The second kappa shape index (κ2) is 7.01. The van der Waals surface area contributed by atoms with E-state index < -0.39 is 0 Å². The van der Waals surface area contributed by atoms with Gasteiger partial charge in [0.15, 0.2) is 5.01 Å². The lowest BCUT2D eigenvalue weighted by Crippen LogP contribution is -2.57. The third-order valence-corrected chi connectivity index (χ3v) is 5.79. The van der Waals surface area contributed by atoms with E-state index in [0.717, 1.165) is 25.4 Å². The van der Waals surface area contributed by atoms with E-state index in [9.17, 15) is 4.79 Å². The van der Waals surface area contributed by atoms with Crippen LogP contribution in [0.3, 0.4) is 0 Å². The molecule has 1 N–H and O–H groups in total. The van der Waals surface area contributed by atoms with Crippen molar-refractivity contribution < 1.29 is 14.3 Å². The number of methoxy groups -OCH3 is 1. The monoisotopic (exact) mass is 359 g/mol. The zero-order valence-corrected chi connectivity index (χ0v) is 14.9. The molecular formula is C18H21N3O3S. The van der Waals surface area contributed by atoms with E-state index in [-0.39, 0.29) is 11.9 Å². The topological polar surface area (TPSA) is 63.7 Å². The van der Waals surface area contributed by atoms with Gasteiger partial charge >= 0.3 is 0 Å². The van der Waals surface area contributed by atoms with Crippen LogP contribution in [0.25, 0.3) is 0 Å². The summed E-state index contributed by atoms with van der Waals surface area (Å²) in [6.45, 7) is 3.27. The number of rotatable bonds is 5. The summed E-state index contributed by atoms with van der Waals surface area (Å²) in [4.78, 5) is 19.1. The molecule has 1 atom stereocenters. The van der Waals surface area contributed by atoms with Crippen LogP contribution in [-0.2, 0) is 0 Å². The molecule has 3 fully saturated rings. The summed E-state index contributed by atoms with van der Waals surface area (Å²) in [5.41, 5.74) is 0. The quantitative estimate of drug-likeness (QED) is 0.889. The molecule has 0 saturated carbocycles. The molecule has 0 radical (unpaired) electrons. The van der Waals surface area contributed by atoms with Crippen LogP contribution in [0.1, 0.15) is 22.6 Å². The van der Waals surface area contributed by atoms with Crippen molar-refractivity contribution in [3.63, 3.8) is 0 Å². The van der Waals surface area contributed by atoms with Crippen molar-refractivity contribution >= 4 is 17.2 Å². The zero-order valence-electron chi connectivity index (χ0n) is 14.1. The fourth-order valence-electron chi connectivity index (χ4n) is 3.55. The molecule has 1 aromatic carbocycles. The summed E-state index contributed by atoms with van der Waals surface area (Å²) in [6, 6.07) is 7.59. The first kappa shape index (κ1) is 16.4. The minimum Gasteiger partial charge on any atom is -0.497 e. The maximum absolute atomic E-state index is 12.5. The van der Waals surface area contributed by atoms with Crippen LogP contribution in [0, 0.1) is 5.92 Å². The first-order valence-corrected chi connectivity index (χ1v) is 9.34. The Kier molecular flexibility index (Phi) is 4.59. The number of fused-ring (bicyclic) bond motifs is 3. The molecule has 132 valence electrons. The van der Waals surface area contributed by atoms with E-state index in [1.54, 1.807) is 19.4 Å². The van der Waals surface area contributed by atoms with Crippen molar-refractivity contribution in [1.82, 2.24) is 15.2 Å². The molecule has 3 saturated heterocycles. The second-order valence-corrected chi connectivity index (χ2v) is 7.48. The lowest BCUT2D eigenvalue weighted by atomic mass is 9.84. The average Bonchev–Trinajstić information content (AvgIpc) is 3.11. The number of hydrogen-bond acceptors (Lipinski definition) is 6. The number of hydrogen-bond donors (Lipinski definition) is 1. The summed E-state index contributed by atoms with van der Waals surface area (Å²) < 4.78 is 11.0. The van der Waals surface area contributed by atoms with E-state index in [2.05, 4.69) is 15.2 Å². The third-order valence-electron chi connectivity index (χ3n) is 4.91. The SMILES string of the molecule is COc1cccc(Oc2cnc(C(=O)NC3CN4CCC3CC4)s2)c1. The van der Waals surface area contributed by atoms with Crippen molar-refractivity contribution in [2.45, 2.75) is 18.9 Å². The first-order chi connectivity index (χ1) is 12.2. The highest BCUT2D eigenvalue weighted by molar-refractivity contribution is 7.15. The highest BCUT2D eigenvalue weighted by Gasteiger charge is 2.35. The van der Waals surface area contributed by atoms with E-state index in [1.807, 2.05) is 18.2 Å². The molecule has 1 aromatic heterocycles. The summed E-state index contributed by atoms with van der Waals surface area (Å²) in [5.74, 6) is 1.88. The Morgan fingerprint density at radius 1 is 1.32 bits per heavy atom. The molecule has 2 aromatic rings. The van der Waals surface area contributed by atoms with Gasteiger partial charge in [0, 0.05) is 18.7 Å². The molecule has 0 aliphatic carbocycles. The Hall–Kier alpha value is -2.12. The van der Waals surface area contributed by atoms with Crippen LogP contribution in [-0.4, -0.2) is 48.6 Å². The number of carbonyl (C=O) groups excluding carboxylic acids is 1. The number of thiazole rings is 1. The Balaban J connectivity index is 1.39. The Morgan fingerprint density at radius 3 is 2.84 bits per heavy atom. The van der Waals surface area contributed by atoms with Crippen molar-refractivity contribution in [2.75, 3.05) is 26.7 Å². The van der Waals surface area contributed by atoms with Crippen molar-refractivity contribution in [1.29, 1.82) is 0 Å². The number of carbonyl (C=O) groups is 1. The van der Waals surface area contributed by atoms with Crippen molar-refractivity contribution in [3.05, 3.63) is 35.5 Å². The van der Waals surface area contributed by atoms with Gasteiger partial charge in [-0.05, 0) is 44.0 Å². The van der Waals surface area contributed by atoms with Crippen LogP contribution < -0.4 is 14.8 Å². The van der Waals surface area contributed by atoms with E-state index in [1.165, 1.54) is 24.2 Å². The minimum atomic E-state index is -0.107. The van der Waals surface area contributed by atoms with Crippen LogP contribution in [0.4, 0.5) is 0 Å². The lowest BCUT2D eigenvalue weighted by Gasteiger charge is -2.44. The molecule has 25 heavy (non-hydrogen) atoms. The molecule has 5 rings (SSSR count). The summed E-state index contributed by atoms with van der Waals surface area (Å²) in [6.07, 6.45) is 3.94. The van der Waals surface area contributed by atoms with Gasteiger partial charge in [0.25, 0.3) is 5.91 Å². The number of nitrogens with zero attached hydrogens (tertiary/aromatic N) is 2.